The van der Waals surface area contributed by atoms with Gasteiger partial charge < -0.3 is 5.32 Å². The van der Waals surface area contributed by atoms with E-state index in [1.165, 1.54) is 11.6 Å². The van der Waals surface area contributed by atoms with Crippen LogP contribution in [0.1, 0.15) is 24.3 Å². The van der Waals surface area contributed by atoms with Crippen LogP contribution in [-0.4, -0.2) is 6.04 Å². The maximum absolute atomic E-state index is 13.6. The number of hydrogen-bond acceptors (Lipinski definition) is 1. The van der Waals surface area contributed by atoms with E-state index in [4.69, 9.17) is 0 Å². The molecule has 104 valence electrons. The third-order valence-electron chi connectivity index (χ3n) is 3.77. The molecule has 4 heteroatoms. The minimum absolute atomic E-state index is 0.204. The Kier molecular flexibility index (Phi) is 3.74. The van der Waals surface area contributed by atoms with Crippen LogP contribution in [0, 0.1) is 11.6 Å². The number of benzene rings is 2. The van der Waals surface area contributed by atoms with Crippen molar-refractivity contribution in [3.05, 3.63) is 64.1 Å². The van der Waals surface area contributed by atoms with Crippen LogP contribution >= 0.6 is 15.9 Å². The van der Waals surface area contributed by atoms with Gasteiger partial charge in [-0.1, -0.05) is 34.1 Å². The molecule has 1 nitrogen and oxygen atoms in total. The quantitative estimate of drug-likeness (QED) is 0.822. The molecule has 1 aliphatic rings. The average molecular weight is 338 g/mol. The minimum atomic E-state index is -0.808. The molecule has 0 radical (unpaired) electrons. The first kappa shape index (κ1) is 13.6. The fourth-order valence-corrected chi connectivity index (χ4v) is 3.02. The number of rotatable bonds is 3. The van der Waals surface area contributed by atoms with E-state index in [1.54, 1.807) is 6.07 Å². The molecule has 2 aromatic carbocycles. The Morgan fingerprint density at radius 2 is 1.80 bits per heavy atom. The predicted octanol–water partition coefficient (Wildman–Crippen LogP) is 5.09. The highest BCUT2D eigenvalue weighted by molar-refractivity contribution is 9.10. The number of halogens is 3. The van der Waals surface area contributed by atoms with Gasteiger partial charge >= 0.3 is 0 Å². The maximum atomic E-state index is 13.6. The average Bonchev–Trinajstić information content (AvgIpc) is 2.38. The first-order valence-corrected chi connectivity index (χ1v) is 7.39. The highest BCUT2D eigenvalue weighted by Crippen LogP contribution is 2.39. The van der Waals surface area contributed by atoms with E-state index in [0.717, 1.165) is 23.4 Å². The largest absolute Gasteiger partial charge is 0.380 e. The number of nitrogens with one attached hydrogen (secondary N) is 1. The summed E-state index contributed by atoms with van der Waals surface area (Å²) in [5, 5.41) is 3.08. The lowest BCUT2D eigenvalue weighted by molar-refractivity contribution is 0.372. The van der Waals surface area contributed by atoms with E-state index in [-0.39, 0.29) is 11.7 Å². The summed E-state index contributed by atoms with van der Waals surface area (Å²) in [4.78, 5) is 0. The van der Waals surface area contributed by atoms with Crippen LogP contribution in [0.4, 0.5) is 14.5 Å². The molecule has 0 saturated heterocycles. The molecule has 0 bridgehead atoms. The normalized spacial score (nSPS) is 21.4. The molecule has 0 heterocycles. The van der Waals surface area contributed by atoms with E-state index < -0.39 is 11.6 Å². The smallest absolute Gasteiger partial charge is 0.181 e. The first-order chi connectivity index (χ1) is 9.63. The Labute approximate surface area is 125 Å². The van der Waals surface area contributed by atoms with E-state index in [1.807, 2.05) is 12.1 Å². The van der Waals surface area contributed by atoms with Crippen molar-refractivity contribution in [3.8, 4) is 0 Å². The van der Waals surface area contributed by atoms with E-state index in [9.17, 15) is 8.78 Å². The fraction of sp³-hybridized carbons (Fsp3) is 0.250. The van der Waals surface area contributed by atoms with Gasteiger partial charge in [0.1, 0.15) is 0 Å². The third-order valence-corrected chi connectivity index (χ3v) is 4.26. The maximum Gasteiger partial charge on any atom is 0.181 e. The SMILES string of the molecule is Fc1cccc(NC2CC(c3cccc(Br)c3)C2)c1F. The Morgan fingerprint density at radius 3 is 2.55 bits per heavy atom. The van der Waals surface area contributed by atoms with Crippen molar-refractivity contribution >= 4 is 21.6 Å². The number of anilines is 1. The van der Waals surface area contributed by atoms with Gasteiger partial charge in [-0.15, -0.1) is 0 Å². The molecule has 0 atom stereocenters. The second kappa shape index (κ2) is 5.52. The first-order valence-electron chi connectivity index (χ1n) is 6.59. The molecular weight excluding hydrogens is 324 g/mol. The summed E-state index contributed by atoms with van der Waals surface area (Å²) in [5.74, 6) is -1.11. The zero-order valence-corrected chi connectivity index (χ0v) is 12.3. The van der Waals surface area contributed by atoms with Crippen molar-refractivity contribution in [1.82, 2.24) is 0 Å². The Bertz CT molecular complexity index is 624. The van der Waals surface area contributed by atoms with Gasteiger partial charge in [-0.05, 0) is 48.6 Å². The number of hydrogen-bond donors (Lipinski definition) is 1. The molecule has 1 aliphatic carbocycles. The summed E-state index contributed by atoms with van der Waals surface area (Å²) in [7, 11) is 0. The molecule has 0 aromatic heterocycles. The summed E-state index contributed by atoms with van der Waals surface area (Å²) in [6.07, 6.45) is 1.87. The Hall–Kier alpha value is -1.42. The zero-order valence-electron chi connectivity index (χ0n) is 10.7. The molecule has 1 N–H and O–H groups in total. The Morgan fingerprint density at radius 1 is 1.05 bits per heavy atom. The summed E-state index contributed by atoms with van der Waals surface area (Å²) in [6, 6.07) is 12.7. The molecule has 3 rings (SSSR count). The second-order valence-corrected chi connectivity index (χ2v) is 6.08. The van der Waals surface area contributed by atoms with Crippen molar-refractivity contribution in [2.45, 2.75) is 24.8 Å². The third kappa shape index (κ3) is 2.70. The molecule has 0 aliphatic heterocycles. The van der Waals surface area contributed by atoms with Crippen LogP contribution in [0.2, 0.25) is 0 Å². The predicted molar refractivity (Wildman–Crippen MR) is 79.9 cm³/mol. The van der Waals surface area contributed by atoms with Gasteiger partial charge in [-0.25, -0.2) is 8.78 Å². The van der Waals surface area contributed by atoms with Gasteiger partial charge in [0.2, 0.25) is 0 Å². The van der Waals surface area contributed by atoms with Crippen molar-refractivity contribution < 1.29 is 8.78 Å². The highest BCUT2D eigenvalue weighted by Gasteiger charge is 2.30. The summed E-state index contributed by atoms with van der Waals surface area (Å²) < 4.78 is 27.7. The molecule has 0 spiro atoms. The standard InChI is InChI=1S/C16H14BrF2N/c17-12-4-1-3-10(7-12)11-8-13(9-11)20-15-6-2-5-14(18)16(15)19/h1-7,11,13,20H,8-9H2. The van der Waals surface area contributed by atoms with Crippen molar-refractivity contribution in [2.24, 2.45) is 0 Å². The van der Waals surface area contributed by atoms with Crippen LogP contribution in [0.5, 0.6) is 0 Å². The molecule has 1 saturated carbocycles. The molecule has 0 amide bonds. The van der Waals surface area contributed by atoms with Crippen LogP contribution in [0.25, 0.3) is 0 Å². The van der Waals surface area contributed by atoms with Crippen LogP contribution in [0.15, 0.2) is 46.9 Å². The molecule has 2 aromatic rings. The monoisotopic (exact) mass is 337 g/mol. The fourth-order valence-electron chi connectivity index (χ4n) is 2.60. The van der Waals surface area contributed by atoms with Crippen molar-refractivity contribution in [2.75, 3.05) is 5.32 Å². The second-order valence-electron chi connectivity index (χ2n) is 5.17. The summed E-state index contributed by atoms with van der Waals surface area (Å²) >= 11 is 3.46. The van der Waals surface area contributed by atoms with Gasteiger partial charge in [0.15, 0.2) is 11.6 Å². The lowest BCUT2D eigenvalue weighted by Gasteiger charge is -2.37. The van der Waals surface area contributed by atoms with E-state index >= 15 is 0 Å². The summed E-state index contributed by atoms with van der Waals surface area (Å²) in [5.41, 5.74) is 1.54. The van der Waals surface area contributed by atoms with Crippen LogP contribution in [0.3, 0.4) is 0 Å². The zero-order chi connectivity index (χ0) is 14.1. The lowest BCUT2D eigenvalue weighted by atomic mass is 9.76. The topological polar surface area (TPSA) is 12.0 Å². The van der Waals surface area contributed by atoms with Gasteiger partial charge in [0.05, 0.1) is 5.69 Å². The minimum Gasteiger partial charge on any atom is -0.380 e. The van der Waals surface area contributed by atoms with E-state index in [0.29, 0.717) is 5.92 Å². The van der Waals surface area contributed by atoms with Crippen molar-refractivity contribution in [1.29, 1.82) is 0 Å². The van der Waals surface area contributed by atoms with Gasteiger partial charge in [-0.3, -0.25) is 0 Å². The molecular formula is C16H14BrF2N. The van der Waals surface area contributed by atoms with Crippen LogP contribution in [-0.2, 0) is 0 Å². The van der Waals surface area contributed by atoms with Crippen LogP contribution < -0.4 is 5.32 Å². The highest BCUT2D eigenvalue weighted by atomic mass is 79.9. The van der Waals surface area contributed by atoms with E-state index in [2.05, 4.69) is 33.4 Å². The van der Waals surface area contributed by atoms with Gasteiger partial charge in [-0.2, -0.15) is 0 Å². The molecule has 1 fully saturated rings. The van der Waals surface area contributed by atoms with Gasteiger partial charge in [0, 0.05) is 10.5 Å². The van der Waals surface area contributed by atoms with Gasteiger partial charge in [0.25, 0.3) is 0 Å². The summed E-state index contributed by atoms with van der Waals surface area (Å²) in [6.45, 7) is 0. The van der Waals surface area contributed by atoms with Crippen molar-refractivity contribution in [3.63, 3.8) is 0 Å². The lowest BCUT2D eigenvalue weighted by Crippen LogP contribution is -2.34. The Balaban J connectivity index is 1.62. The molecule has 20 heavy (non-hydrogen) atoms. The molecule has 0 unspecified atom stereocenters.